The Morgan fingerprint density at radius 3 is 2.00 bits per heavy atom. The Kier molecular flexibility index (Phi) is 9.48. The summed E-state index contributed by atoms with van der Waals surface area (Å²) in [4.78, 5) is 2.10. The molecule has 0 atom stereocenters. The predicted octanol–water partition coefficient (Wildman–Crippen LogP) is 5.11. The summed E-state index contributed by atoms with van der Waals surface area (Å²) in [5.74, 6) is 0.698. The van der Waals surface area contributed by atoms with Crippen molar-refractivity contribution in [3.8, 4) is 0 Å². The van der Waals surface area contributed by atoms with Crippen molar-refractivity contribution in [2.24, 2.45) is 5.10 Å². The molecule has 0 saturated carbocycles. The van der Waals surface area contributed by atoms with Crippen LogP contribution in [0.3, 0.4) is 0 Å². The molecule has 0 aromatic heterocycles. The third kappa shape index (κ3) is 8.43. The average molecular weight is 448 g/mol. The van der Waals surface area contributed by atoms with Crippen molar-refractivity contribution in [2.45, 2.75) is 19.8 Å². The zero-order valence-electron chi connectivity index (χ0n) is 19.1. The number of hydrogen-bond acceptors (Lipinski definition) is 5. The Morgan fingerprint density at radius 1 is 0.848 bits per heavy atom. The molecule has 0 radical (unpaired) electrons. The number of nitrogens with one attached hydrogen (secondary N) is 1. The van der Waals surface area contributed by atoms with Crippen LogP contribution in [0.1, 0.15) is 16.7 Å². The molecular formula is C27H30FN3O2. The molecular weight excluding hydrogens is 417 g/mol. The lowest BCUT2D eigenvalue weighted by molar-refractivity contribution is 0.189. The lowest BCUT2D eigenvalue weighted by Crippen LogP contribution is -2.21. The fourth-order valence-electron chi connectivity index (χ4n) is 3.13. The van der Waals surface area contributed by atoms with Gasteiger partial charge in [-0.15, -0.1) is 5.10 Å². The summed E-state index contributed by atoms with van der Waals surface area (Å²) >= 11 is 0. The van der Waals surface area contributed by atoms with Gasteiger partial charge in [-0.1, -0.05) is 72.8 Å². The Morgan fingerprint density at radius 2 is 1.42 bits per heavy atom. The number of benzene rings is 3. The molecule has 0 bridgehead atoms. The van der Waals surface area contributed by atoms with Gasteiger partial charge in [0.15, 0.2) is 5.76 Å². The SMILES string of the molecule is CN/N=C(OCc1ccccc1)\C(=C/CN(C)Cc1ccc(F)cc1)OCc1ccccc1. The molecule has 3 rings (SSSR count). The first-order chi connectivity index (χ1) is 16.1. The van der Waals surface area contributed by atoms with Crippen molar-refractivity contribution in [1.82, 2.24) is 10.3 Å². The molecule has 33 heavy (non-hydrogen) atoms. The van der Waals surface area contributed by atoms with Gasteiger partial charge in [0, 0.05) is 20.1 Å². The van der Waals surface area contributed by atoms with Crippen molar-refractivity contribution < 1.29 is 13.9 Å². The standard InChI is InChI=1S/C27H30FN3O2/c1-29-30-27(33-21-24-11-7-4-8-12-24)26(32-20-23-9-5-3-6-10-23)17-18-31(2)19-22-13-15-25(28)16-14-22/h3-17,29H,18-21H2,1-2H3/b26-17+,30-27+. The van der Waals surface area contributed by atoms with E-state index in [1.54, 1.807) is 19.2 Å². The molecule has 3 aromatic carbocycles. The van der Waals surface area contributed by atoms with Gasteiger partial charge >= 0.3 is 0 Å². The molecule has 0 fully saturated rings. The van der Waals surface area contributed by atoms with E-state index in [0.29, 0.717) is 38.0 Å². The van der Waals surface area contributed by atoms with Gasteiger partial charge in [0.1, 0.15) is 19.0 Å². The van der Waals surface area contributed by atoms with Crippen LogP contribution in [0.5, 0.6) is 0 Å². The number of halogens is 1. The van der Waals surface area contributed by atoms with Gasteiger partial charge in [0.05, 0.1) is 0 Å². The van der Waals surface area contributed by atoms with Gasteiger partial charge in [-0.25, -0.2) is 4.39 Å². The van der Waals surface area contributed by atoms with E-state index in [2.05, 4.69) is 15.4 Å². The van der Waals surface area contributed by atoms with E-state index in [9.17, 15) is 4.39 Å². The Balaban J connectivity index is 1.72. The van der Waals surface area contributed by atoms with Crippen molar-refractivity contribution in [2.75, 3.05) is 20.6 Å². The normalized spacial score (nSPS) is 12.0. The summed E-state index contributed by atoms with van der Waals surface area (Å²) in [6.45, 7) is 2.04. The summed E-state index contributed by atoms with van der Waals surface area (Å²) in [5.41, 5.74) is 5.93. The molecule has 3 aromatic rings. The lowest BCUT2D eigenvalue weighted by atomic mass is 10.2. The lowest BCUT2D eigenvalue weighted by Gasteiger charge is -2.18. The smallest absolute Gasteiger partial charge is 0.273 e. The zero-order valence-corrected chi connectivity index (χ0v) is 19.1. The van der Waals surface area contributed by atoms with E-state index in [1.165, 1.54) is 12.1 Å². The highest BCUT2D eigenvalue weighted by atomic mass is 19.1. The second-order valence-electron chi connectivity index (χ2n) is 7.58. The molecule has 5 nitrogen and oxygen atoms in total. The van der Waals surface area contributed by atoms with E-state index in [1.807, 2.05) is 73.8 Å². The summed E-state index contributed by atoms with van der Waals surface area (Å²) < 4.78 is 25.3. The van der Waals surface area contributed by atoms with Crippen molar-refractivity contribution in [3.05, 3.63) is 119 Å². The molecule has 6 heteroatoms. The van der Waals surface area contributed by atoms with Crippen molar-refractivity contribution in [1.29, 1.82) is 0 Å². The zero-order chi connectivity index (χ0) is 23.3. The van der Waals surface area contributed by atoms with Crippen molar-refractivity contribution in [3.63, 3.8) is 0 Å². The van der Waals surface area contributed by atoms with E-state index in [0.717, 1.165) is 16.7 Å². The Hall–Kier alpha value is -3.64. The minimum absolute atomic E-state index is 0.235. The van der Waals surface area contributed by atoms with E-state index in [4.69, 9.17) is 9.47 Å². The number of rotatable bonds is 11. The monoisotopic (exact) mass is 447 g/mol. The molecule has 0 spiro atoms. The van der Waals surface area contributed by atoms with Gasteiger partial charge < -0.3 is 14.9 Å². The summed E-state index contributed by atoms with van der Waals surface area (Å²) in [5, 5.41) is 4.31. The summed E-state index contributed by atoms with van der Waals surface area (Å²) in [6.07, 6.45) is 1.95. The number of nitrogens with zero attached hydrogens (tertiary/aromatic N) is 2. The minimum atomic E-state index is -0.235. The highest BCUT2D eigenvalue weighted by molar-refractivity contribution is 5.91. The van der Waals surface area contributed by atoms with Crippen LogP contribution >= 0.6 is 0 Å². The van der Waals surface area contributed by atoms with Crippen LogP contribution in [-0.2, 0) is 29.2 Å². The number of hydrogen-bond donors (Lipinski definition) is 1. The van der Waals surface area contributed by atoms with E-state index < -0.39 is 0 Å². The molecule has 0 aliphatic carbocycles. The molecule has 1 N–H and O–H groups in total. The minimum Gasteiger partial charge on any atom is -0.483 e. The van der Waals surface area contributed by atoms with Gasteiger partial charge in [-0.3, -0.25) is 4.90 Å². The molecule has 0 unspecified atom stereocenters. The van der Waals surface area contributed by atoms with Gasteiger partial charge in [0.25, 0.3) is 5.90 Å². The average Bonchev–Trinajstić information content (AvgIpc) is 2.85. The quantitative estimate of drug-likeness (QED) is 0.192. The molecule has 172 valence electrons. The topological polar surface area (TPSA) is 46.1 Å². The summed E-state index contributed by atoms with van der Waals surface area (Å²) in [6, 6.07) is 26.4. The predicted molar refractivity (Wildman–Crippen MR) is 130 cm³/mol. The van der Waals surface area contributed by atoms with Gasteiger partial charge in [-0.2, -0.15) is 0 Å². The van der Waals surface area contributed by atoms with E-state index in [-0.39, 0.29) is 5.82 Å². The van der Waals surface area contributed by atoms with Crippen LogP contribution in [0.25, 0.3) is 0 Å². The van der Waals surface area contributed by atoms with Crippen LogP contribution in [0.2, 0.25) is 0 Å². The van der Waals surface area contributed by atoms with Crippen LogP contribution in [0, 0.1) is 5.82 Å². The highest BCUT2D eigenvalue weighted by Crippen LogP contribution is 2.12. The molecule has 0 heterocycles. The Labute approximate surface area is 195 Å². The number of likely N-dealkylation sites (N-methyl/N-ethyl adjacent to an activating group) is 1. The second kappa shape index (κ2) is 13.0. The first kappa shape index (κ1) is 24.0. The maximum absolute atomic E-state index is 13.2. The van der Waals surface area contributed by atoms with Crippen LogP contribution in [0.4, 0.5) is 4.39 Å². The molecule has 0 aliphatic heterocycles. The first-order valence-electron chi connectivity index (χ1n) is 10.9. The van der Waals surface area contributed by atoms with Gasteiger partial charge in [0.2, 0.25) is 0 Å². The van der Waals surface area contributed by atoms with Crippen LogP contribution < -0.4 is 5.43 Å². The second-order valence-corrected chi connectivity index (χ2v) is 7.58. The fraction of sp³-hybridized carbons (Fsp3) is 0.222. The molecule has 0 saturated heterocycles. The van der Waals surface area contributed by atoms with E-state index >= 15 is 0 Å². The highest BCUT2D eigenvalue weighted by Gasteiger charge is 2.13. The third-order valence-electron chi connectivity index (χ3n) is 4.83. The van der Waals surface area contributed by atoms with Crippen LogP contribution in [-0.4, -0.2) is 31.4 Å². The first-order valence-corrected chi connectivity index (χ1v) is 10.9. The van der Waals surface area contributed by atoms with Crippen molar-refractivity contribution >= 4 is 5.90 Å². The maximum Gasteiger partial charge on any atom is 0.273 e. The Bertz CT molecular complexity index is 1020. The maximum atomic E-state index is 13.2. The third-order valence-corrected chi connectivity index (χ3v) is 4.83. The van der Waals surface area contributed by atoms with Gasteiger partial charge in [-0.05, 0) is 41.9 Å². The summed E-state index contributed by atoms with van der Waals surface area (Å²) in [7, 11) is 3.72. The fourth-order valence-corrected chi connectivity index (χ4v) is 3.13. The largest absolute Gasteiger partial charge is 0.483 e. The molecule has 0 amide bonds. The number of hydrazone groups is 1. The molecule has 0 aliphatic rings. The van der Waals surface area contributed by atoms with Crippen LogP contribution in [0.15, 0.2) is 102 Å². The number of ether oxygens (including phenoxy) is 2.